The molecule has 2 N–H and O–H groups in total. The zero-order valence-corrected chi connectivity index (χ0v) is 12.9. The molecule has 7 nitrogen and oxygen atoms in total. The summed E-state index contributed by atoms with van der Waals surface area (Å²) in [6, 6.07) is -2.30. The van der Waals surface area contributed by atoms with E-state index < -0.39 is 45.8 Å². The summed E-state index contributed by atoms with van der Waals surface area (Å²) in [5, 5.41) is 10.3. The number of hydrogen-bond acceptors (Lipinski definition) is 4. The summed E-state index contributed by atoms with van der Waals surface area (Å²) in [6.45, 7) is 3.05. The summed E-state index contributed by atoms with van der Waals surface area (Å²) < 4.78 is 0. The van der Waals surface area contributed by atoms with Crippen molar-refractivity contribution in [3.8, 4) is 0 Å². The van der Waals surface area contributed by atoms with Crippen LogP contribution in [0.3, 0.4) is 0 Å². The standard InChI is InChI=1S/C12H14Cl2N2O5/c1-3-4-6(12(20)21)15-9(17)5(2)16-10(18)7(13)8(14)11(16)19/h5-6H,3-4H2,1-2H3,(H,15,17)(H,20,21)/t5-,6-/m0/s1. The normalized spacial score (nSPS) is 18.0. The molecule has 0 aromatic heterocycles. The Balaban J connectivity index is 2.83. The van der Waals surface area contributed by atoms with Crippen LogP contribution in [0.15, 0.2) is 10.1 Å². The number of carboxylic acid groups (broad SMARTS) is 1. The van der Waals surface area contributed by atoms with Crippen molar-refractivity contribution in [1.29, 1.82) is 0 Å². The Hall–Kier alpha value is -1.60. The van der Waals surface area contributed by atoms with Crippen LogP contribution in [0.1, 0.15) is 26.7 Å². The van der Waals surface area contributed by atoms with Gasteiger partial charge in [-0.15, -0.1) is 0 Å². The van der Waals surface area contributed by atoms with Gasteiger partial charge in [0, 0.05) is 0 Å². The Kier molecular flexibility index (Phi) is 5.74. The van der Waals surface area contributed by atoms with Gasteiger partial charge < -0.3 is 10.4 Å². The van der Waals surface area contributed by atoms with E-state index in [1.54, 1.807) is 6.92 Å². The van der Waals surface area contributed by atoms with E-state index in [0.717, 1.165) is 0 Å². The molecule has 1 rings (SSSR count). The van der Waals surface area contributed by atoms with Gasteiger partial charge in [0.1, 0.15) is 22.1 Å². The van der Waals surface area contributed by atoms with E-state index >= 15 is 0 Å². The second kappa shape index (κ2) is 6.91. The highest BCUT2D eigenvalue weighted by molar-refractivity contribution is 6.58. The van der Waals surface area contributed by atoms with Crippen molar-refractivity contribution in [1.82, 2.24) is 10.2 Å². The van der Waals surface area contributed by atoms with Crippen molar-refractivity contribution in [3.05, 3.63) is 10.1 Å². The predicted molar refractivity (Wildman–Crippen MR) is 74.5 cm³/mol. The molecule has 21 heavy (non-hydrogen) atoms. The SMILES string of the molecule is CCC[C@H](NC(=O)[C@H](C)N1C(=O)C(Cl)=C(Cl)C1=O)C(=O)O. The quantitative estimate of drug-likeness (QED) is 0.698. The second-order valence-corrected chi connectivity index (χ2v) is 5.23. The molecule has 0 aromatic rings. The highest BCUT2D eigenvalue weighted by atomic mass is 35.5. The Morgan fingerprint density at radius 2 is 1.71 bits per heavy atom. The Labute approximate surface area is 130 Å². The molecule has 0 unspecified atom stereocenters. The van der Waals surface area contributed by atoms with E-state index in [0.29, 0.717) is 11.3 Å². The first kappa shape index (κ1) is 17.5. The number of carbonyl (C=O) groups is 4. The van der Waals surface area contributed by atoms with E-state index in [1.165, 1.54) is 6.92 Å². The summed E-state index contributed by atoms with van der Waals surface area (Å²) in [5.74, 6) is -3.72. The lowest BCUT2D eigenvalue weighted by Crippen LogP contribution is -2.52. The summed E-state index contributed by atoms with van der Waals surface area (Å²) in [6.07, 6.45) is 0.780. The van der Waals surface area contributed by atoms with Crippen LogP contribution in [0.25, 0.3) is 0 Å². The van der Waals surface area contributed by atoms with Crippen LogP contribution in [-0.2, 0) is 19.2 Å². The summed E-state index contributed by atoms with van der Waals surface area (Å²) in [4.78, 5) is 47.1. The molecule has 1 heterocycles. The smallest absolute Gasteiger partial charge is 0.326 e. The minimum atomic E-state index is -1.21. The van der Waals surface area contributed by atoms with Crippen molar-refractivity contribution >= 4 is 46.9 Å². The molecule has 3 amide bonds. The van der Waals surface area contributed by atoms with Gasteiger partial charge in [-0.05, 0) is 13.3 Å². The Bertz CT molecular complexity index is 508. The van der Waals surface area contributed by atoms with Crippen LogP contribution in [0.4, 0.5) is 0 Å². The largest absolute Gasteiger partial charge is 0.480 e. The maximum absolute atomic E-state index is 12.0. The number of amides is 3. The summed E-state index contributed by atoms with van der Waals surface area (Å²) >= 11 is 11.1. The van der Waals surface area contributed by atoms with Gasteiger partial charge in [0.15, 0.2) is 0 Å². The molecule has 0 spiro atoms. The second-order valence-electron chi connectivity index (χ2n) is 4.47. The van der Waals surface area contributed by atoms with Gasteiger partial charge in [-0.2, -0.15) is 0 Å². The highest BCUT2D eigenvalue weighted by Gasteiger charge is 2.42. The fourth-order valence-electron chi connectivity index (χ4n) is 1.80. The minimum absolute atomic E-state index is 0.232. The predicted octanol–water partition coefficient (Wildman–Crippen LogP) is 0.802. The zero-order valence-electron chi connectivity index (χ0n) is 11.4. The lowest BCUT2D eigenvalue weighted by molar-refractivity contribution is -0.146. The van der Waals surface area contributed by atoms with Gasteiger partial charge in [0.05, 0.1) is 0 Å². The number of carbonyl (C=O) groups excluding carboxylic acids is 3. The van der Waals surface area contributed by atoms with E-state index in [9.17, 15) is 19.2 Å². The van der Waals surface area contributed by atoms with E-state index in [4.69, 9.17) is 28.3 Å². The summed E-state index contributed by atoms with van der Waals surface area (Å²) in [7, 11) is 0. The third-order valence-electron chi connectivity index (χ3n) is 2.96. The zero-order chi connectivity index (χ0) is 16.3. The topological polar surface area (TPSA) is 104 Å². The van der Waals surface area contributed by atoms with Crippen molar-refractivity contribution < 1.29 is 24.3 Å². The fraction of sp³-hybridized carbons (Fsp3) is 0.500. The van der Waals surface area contributed by atoms with Gasteiger partial charge in [0.25, 0.3) is 11.8 Å². The van der Waals surface area contributed by atoms with Gasteiger partial charge in [0.2, 0.25) is 5.91 Å². The van der Waals surface area contributed by atoms with Crippen LogP contribution in [0, 0.1) is 0 Å². The number of aliphatic carboxylic acids is 1. The number of nitrogens with zero attached hydrogens (tertiary/aromatic N) is 1. The third kappa shape index (κ3) is 3.54. The van der Waals surface area contributed by atoms with E-state index in [2.05, 4.69) is 5.32 Å². The van der Waals surface area contributed by atoms with Gasteiger partial charge in [-0.3, -0.25) is 19.3 Å². The van der Waals surface area contributed by atoms with E-state index in [1.807, 2.05) is 0 Å². The number of imide groups is 1. The highest BCUT2D eigenvalue weighted by Crippen LogP contribution is 2.28. The molecule has 0 aliphatic carbocycles. The van der Waals surface area contributed by atoms with Crippen LogP contribution in [0.5, 0.6) is 0 Å². The van der Waals surface area contributed by atoms with Crippen LogP contribution in [0.2, 0.25) is 0 Å². The molecular weight excluding hydrogens is 323 g/mol. The molecule has 116 valence electrons. The van der Waals surface area contributed by atoms with Gasteiger partial charge >= 0.3 is 5.97 Å². The summed E-state index contributed by atoms with van der Waals surface area (Å²) in [5.41, 5.74) is 0. The molecule has 9 heteroatoms. The number of halogens is 2. The minimum Gasteiger partial charge on any atom is -0.480 e. The first-order valence-electron chi connectivity index (χ1n) is 6.18. The van der Waals surface area contributed by atoms with Crippen molar-refractivity contribution in [2.45, 2.75) is 38.8 Å². The molecule has 2 atom stereocenters. The first-order valence-corrected chi connectivity index (χ1v) is 6.94. The van der Waals surface area contributed by atoms with E-state index in [-0.39, 0.29) is 6.42 Å². The number of hydrogen-bond donors (Lipinski definition) is 2. The molecular formula is C12H14Cl2N2O5. The average Bonchev–Trinajstić information content (AvgIpc) is 2.61. The fourth-order valence-corrected chi connectivity index (χ4v) is 2.14. The van der Waals surface area contributed by atoms with Crippen LogP contribution < -0.4 is 5.32 Å². The number of nitrogens with one attached hydrogen (secondary N) is 1. The first-order chi connectivity index (χ1) is 9.72. The van der Waals surface area contributed by atoms with Gasteiger partial charge in [-0.1, -0.05) is 36.5 Å². The molecule has 0 radical (unpaired) electrons. The molecule has 0 bridgehead atoms. The molecule has 0 fully saturated rings. The van der Waals surface area contributed by atoms with Crippen molar-refractivity contribution in [2.24, 2.45) is 0 Å². The molecule has 1 aliphatic rings. The monoisotopic (exact) mass is 336 g/mol. The Morgan fingerprint density at radius 1 is 1.24 bits per heavy atom. The molecule has 1 aliphatic heterocycles. The maximum atomic E-state index is 12.0. The maximum Gasteiger partial charge on any atom is 0.326 e. The van der Waals surface area contributed by atoms with Crippen molar-refractivity contribution in [2.75, 3.05) is 0 Å². The number of carboxylic acids is 1. The van der Waals surface area contributed by atoms with Gasteiger partial charge in [-0.25, -0.2) is 4.79 Å². The Morgan fingerprint density at radius 3 is 2.10 bits per heavy atom. The van der Waals surface area contributed by atoms with Crippen LogP contribution in [-0.4, -0.2) is 45.8 Å². The average molecular weight is 337 g/mol. The van der Waals surface area contributed by atoms with Crippen LogP contribution >= 0.6 is 23.2 Å². The third-order valence-corrected chi connectivity index (χ3v) is 3.76. The molecule has 0 aromatic carbocycles. The van der Waals surface area contributed by atoms with Crippen molar-refractivity contribution in [3.63, 3.8) is 0 Å². The number of rotatable bonds is 6. The molecule has 0 saturated heterocycles. The molecule has 0 saturated carbocycles. The lowest BCUT2D eigenvalue weighted by Gasteiger charge is -2.23. The lowest BCUT2D eigenvalue weighted by atomic mass is 10.1.